The molecule has 0 aromatic heterocycles. The molecular weight excluding hydrogens is 710 g/mol. The summed E-state index contributed by atoms with van der Waals surface area (Å²) in [4.78, 5) is 60.9. The average Bonchev–Trinajstić information content (AvgIpc) is 3.31. The van der Waals surface area contributed by atoms with Crippen LogP contribution < -0.4 is 0 Å². The van der Waals surface area contributed by atoms with Crippen molar-refractivity contribution in [3.8, 4) is 0 Å². The van der Waals surface area contributed by atoms with Gasteiger partial charge in [-0.15, -0.1) is 23.2 Å². The predicted molar refractivity (Wildman–Crippen MR) is 154 cm³/mol. The maximum Gasteiger partial charge on any atom is 0.273 e. The Kier molecular flexibility index (Phi) is 7.57. The second-order valence-electron chi connectivity index (χ2n) is 9.29. The van der Waals surface area contributed by atoms with Gasteiger partial charge in [0.05, 0.1) is 36.9 Å². The second kappa shape index (κ2) is 10.1. The molecule has 0 spiro atoms. The number of carbonyl (C=O) groups is 4. The van der Waals surface area contributed by atoms with Crippen molar-refractivity contribution in [2.24, 2.45) is 11.8 Å². The third-order valence-electron chi connectivity index (χ3n) is 7.22. The second-order valence-corrected chi connectivity index (χ2v) is 13.4. The Labute approximate surface area is 270 Å². The number of Topliss-reactive ketones (excluding diaryl/α,β-unsaturated/α-hetero) is 1. The first-order valence-corrected chi connectivity index (χ1v) is 14.3. The van der Waals surface area contributed by atoms with Gasteiger partial charge in [0.1, 0.15) is 16.3 Å². The zero-order chi connectivity index (χ0) is 30.4. The molecule has 3 amide bonds. The first-order valence-electron chi connectivity index (χ1n) is 11.3. The van der Waals surface area contributed by atoms with E-state index in [1.807, 2.05) is 0 Å². The number of benzene rings is 2. The summed E-state index contributed by atoms with van der Waals surface area (Å²) in [6.45, 7) is -0.875. The maximum atomic E-state index is 13.9. The van der Waals surface area contributed by atoms with Crippen LogP contribution in [0.3, 0.4) is 0 Å². The molecule has 5 rings (SSSR count). The Morgan fingerprint density at radius 3 is 1.78 bits per heavy atom. The fourth-order valence-electron chi connectivity index (χ4n) is 5.23. The van der Waals surface area contributed by atoms with E-state index in [1.165, 1.54) is 18.2 Å². The van der Waals surface area contributed by atoms with E-state index in [-0.39, 0.29) is 36.9 Å². The third kappa shape index (κ3) is 4.04. The van der Waals surface area contributed by atoms with Crippen molar-refractivity contribution >= 4 is 122 Å². The molecule has 2 aliphatic carbocycles. The van der Waals surface area contributed by atoms with Crippen LogP contribution in [0.15, 0.2) is 52.5 Å². The van der Waals surface area contributed by atoms with E-state index < -0.39 is 60.9 Å². The topological polar surface area (TPSA) is 118 Å². The van der Waals surface area contributed by atoms with E-state index in [4.69, 9.17) is 92.8 Å². The highest BCUT2D eigenvalue weighted by Crippen LogP contribution is 2.77. The van der Waals surface area contributed by atoms with E-state index in [1.54, 1.807) is 0 Å². The third-order valence-corrected chi connectivity index (χ3v) is 12.2. The smallest absolute Gasteiger partial charge is 0.273 e. The number of ketones is 1. The van der Waals surface area contributed by atoms with E-state index in [0.29, 0.717) is 10.0 Å². The van der Waals surface area contributed by atoms with Gasteiger partial charge in [-0.05, 0) is 30.3 Å². The molecule has 1 saturated carbocycles. The summed E-state index contributed by atoms with van der Waals surface area (Å²) >= 11 is 51.3. The van der Waals surface area contributed by atoms with Crippen LogP contribution in [0.1, 0.15) is 20.7 Å². The summed E-state index contributed by atoms with van der Waals surface area (Å²) in [6, 6.07) is 8.22. The molecule has 4 atom stereocenters. The van der Waals surface area contributed by atoms with Gasteiger partial charge < -0.3 is 0 Å². The molecule has 2 aromatic carbocycles. The van der Waals surface area contributed by atoms with E-state index in [9.17, 15) is 29.3 Å². The predicted octanol–water partition coefficient (Wildman–Crippen LogP) is 6.59. The molecule has 1 saturated heterocycles. The number of rotatable bonds is 6. The normalized spacial score (nSPS) is 27.9. The summed E-state index contributed by atoms with van der Waals surface area (Å²) in [5, 5.41) is 11.4. The Morgan fingerprint density at radius 2 is 1.32 bits per heavy atom. The van der Waals surface area contributed by atoms with Gasteiger partial charge in [0.25, 0.3) is 23.4 Å². The molecule has 0 N–H and O–H groups in total. The molecule has 0 unspecified atom stereocenters. The number of hydrogen-bond acceptors (Lipinski definition) is 6. The summed E-state index contributed by atoms with van der Waals surface area (Å²) in [7, 11) is 0. The number of imide groups is 1. The molecule has 41 heavy (non-hydrogen) atoms. The van der Waals surface area contributed by atoms with Crippen LogP contribution >= 0.6 is 92.8 Å². The molecule has 214 valence electrons. The molecule has 1 heterocycles. The van der Waals surface area contributed by atoms with Crippen LogP contribution in [-0.4, -0.2) is 59.1 Å². The molecule has 0 radical (unpaired) electrons. The lowest BCUT2D eigenvalue weighted by Gasteiger charge is -2.36. The highest BCUT2D eigenvalue weighted by Gasteiger charge is 2.88. The number of allylic oxidation sites excluding steroid dienone is 2. The number of alkyl halides is 4. The zero-order valence-corrected chi connectivity index (χ0v) is 25.8. The number of nitro groups is 1. The number of hydrazine groups is 1. The van der Waals surface area contributed by atoms with Gasteiger partial charge in [-0.3, -0.25) is 29.3 Å². The summed E-state index contributed by atoms with van der Waals surface area (Å²) in [6.07, 6.45) is 0. The Morgan fingerprint density at radius 1 is 0.829 bits per heavy atom. The minimum Gasteiger partial charge on any atom is -0.292 e. The molecule has 17 heteroatoms. The minimum absolute atomic E-state index is 0.0237. The van der Waals surface area contributed by atoms with Gasteiger partial charge in [0.2, 0.25) is 0 Å². The number of non-ortho nitro benzene ring substituents is 1. The number of nitrogens with zero attached hydrogens (tertiary/aromatic N) is 3. The number of amides is 3. The van der Waals surface area contributed by atoms with Crippen molar-refractivity contribution in [3.05, 3.63) is 83.8 Å². The SMILES string of the molecule is O=C(CN(C(=O)c1ccc(Cl)c(Cl)c1)N1C(=O)[C@H]2[C@H](C1=O)[C@@]1(Cl)C(Cl)=C(Cl)[C@@]2(Cl)C1(Cl)Cl)c1ccc([N+](=O)[O-])cc1. The van der Waals surface area contributed by atoms with Crippen LogP contribution in [0, 0.1) is 22.0 Å². The molecule has 1 aliphatic heterocycles. The maximum absolute atomic E-state index is 13.9. The van der Waals surface area contributed by atoms with Crippen LogP contribution in [0.2, 0.25) is 10.0 Å². The average molecular weight is 721 g/mol. The largest absolute Gasteiger partial charge is 0.292 e. The van der Waals surface area contributed by atoms with Crippen LogP contribution in [0.25, 0.3) is 0 Å². The van der Waals surface area contributed by atoms with E-state index in [0.717, 1.165) is 24.3 Å². The molecule has 3 aliphatic rings. The number of halogens is 8. The molecule has 2 aromatic rings. The highest BCUT2D eigenvalue weighted by atomic mass is 35.5. The summed E-state index contributed by atoms with van der Waals surface area (Å²) in [5.74, 6) is -7.08. The van der Waals surface area contributed by atoms with Gasteiger partial charge >= 0.3 is 0 Å². The van der Waals surface area contributed by atoms with Crippen molar-refractivity contribution in [3.63, 3.8) is 0 Å². The fourth-order valence-corrected chi connectivity index (χ4v) is 8.45. The first-order chi connectivity index (χ1) is 19.0. The van der Waals surface area contributed by atoms with E-state index in [2.05, 4.69) is 0 Å². The minimum atomic E-state index is -2.21. The Balaban J connectivity index is 1.59. The highest BCUT2D eigenvalue weighted by molar-refractivity contribution is 6.66. The quantitative estimate of drug-likeness (QED) is 0.109. The zero-order valence-electron chi connectivity index (χ0n) is 19.7. The van der Waals surface area contributed by atoms with Crippen molar-refractivity contribution in [1.29, 1.82) is 0 Å². The fraction of sp³-hybridized carbons (Fsp3) is 0.250. The number of carbonyl (C=O) groups excluding carboxylic acids is 4. The van der Waals surface area contributed by atoms with Crippen LogP contribution in [0.5, 0.6) is 0 Å². The van der Waals surface area contributed by atoms with Gasteiger partial charge in [-0.2, -0.15) is 5.01 Å². The van der Waals surface area contributed by atoms with Gasteiger partial charge in [0, 0.05) is 23.3 Å². The van der Waals surface area contributed by atoms with Crippen molar-refractivity contribution in [2.75, 3.05) is 6.54 Å². The van der Waals surface area contributed by atoms with Crippen molar-refractivity contribution in [2.45, 2.75) is 14.1 Å². The lowest BCUT2D eigenvalue weighted by atomic mass is 9.84. The summed E-state index contributed by atoms with van der Waals surface area (Å²) < 4.78 is -2.21. The Bertz CT molecular complexity index is 1570. The number of hydrogen-bond donors (Lipinski definition) is 0. The van der Waals surface area contributed by atoms with Crippen molar-refractivity contribution < 1.29 is 24.1 Å². The van der Waals surface area contributed by atoms with E-state index >= 15 is 0 Å². The monoisotopic (exact) mass is 717 g/mol. The molecule has 2 bridgehead atoms. The van der Waals surface area contributed by atoms with Gasteiger partial charge in [-0.1, -0.05) is 69.6 Å². The van der Waals surface area contributed by atoms with Gasteiger partial charge in [0.15, 0.2) is 10.1 Å². The van der Waals surface area contributed by atoms with Crippen LogP contribution in [-0.2, 0) is 9.59 Å². The lowest BCUT2D eigenvalue weighted by molar-refractivity contribution is -0.384. The number of nitro benzene ring substituents is 1. The van der Waals surface area contributed by atoms with Crippen LogP contribution in [0.4, 0.5) is 5.69 Å². The molecular formula is C24H11Cl8N3O6. The Hall–Kier alpha value is -1.82. The van der Waals surface area contributed by atoms with Crippen molar-refractivity contribution in [1.82, 2.24) is 10.0 Å². The van der Waals surface area contributed by atoms with Gasteiger partial charge in [-0.25, -0.2) is 5.01 Å². The molecule has 9 nitrogen and oxygen atoms in total. The lowest BCUT2D eigenvalue weighted by Crippen LogP contribution is -2.56. The first kappa shape index (κ1) is 30.6. The number of fused-ring (bicyclic) bond motifs is 5. The summed E-state index contributed by atoms with van der Waals surface area (Å²) in [5.41, 5.74) is -0.487. The molecule has 2 fully saturated rings. The standard InChI is InChI=1S/C24H11Cl8N3O6/c25-12-6-3-10(7-13(12)26)19(37)33(8-14(36)9-1-4-11(5-2-9)35(40)41)34-20(38)15-16(21(34)39)23(30)18(28)17(27)22(15,29)24(23,31)32/h1-7,15-16H,8H2/t15-,16-,22-,23-/m1/s1.